The Morgan fingerprint density at radius 3 is 2.80 bits per heavy atom. The molecule has 1 fully saturated rings. The predicted molar refractivity (Wildman–Crippen MR) is 75.4 cm³/mol. The van der Waals surface area contributed by atoms with Gasteiger partial charge in [-0.1, -0.05) is 13.8 Å². The van der Waals surface area contributed by atoms with Gasteiger partial charge in [-0.05, 0) is 25.3 Å². The summed E-state index contributed by atoms with van der Waals surface area (Å²) in [5.41, 5.74) is 0. The van der Waals surface area contributed by atoms with E-state index in [9.17, 15) is 9.59 Å². The van der Waals surface area contributed by atoms with Crippen LogP contribution in [0.2, 0.25) is 0 Å². The van der Waals surface area contributed by atoms with Crippen LogP contribution in [0.5, 0.6) is 0 Å². The first-order valence-corrected chi connectivity index (χ1v) is 7.35. The van der Waals surface area contributed by atoms with Crippen LogP contribution in [0.25, 0.3) is 0 Å². The maximum Gasteiger partial charge on any atom is 0.303 e. The molecule has 1 aliphatic heterocycles. The van der Waals surface area contributed by atoms with E-state index < -0.39 is 5.97 Å². The smallest absolute Gasteiger partial charge is 0.303 e. The average Bonchev–Trinajstić information content (AvgIpc) is 2.88. The molecule has 0 bridgehead atoms. The fraction of sp³-hybridized carbons (Fsp3) is 0.857. The van der Waals surface area contributed by atoms with E-state index in [1.165, 1.54) is 0 Å². The van der Waals surface area contributed by atoms with E-state index >= 15 is 0 Å². The van der Waals surface area contributed by atoms with Gasteiger partial charge in [0.05, 0.1) is 19.1 Å². The molecule has 20 heavy (non-hydrogen) atoms. The van der Waals surface area contributed by atoms with E-state index in [0.29, 0.717) is 26.2 Å². The van der Waals surface area contributed by atoms with Crippen molar-refractivity contribution in [1.29, 1.82) is 0 Å². The second-order valence-electron chi connectivity index (χ2n) is 5.49. The second kappa shape index (κ2) is 8.92. The number of hydrogen-bond donors (Lipinski definition) is 3. The number of ether oxygens (including phenoxy) is 1. The summed E-state index contributed by atoms with van der Waals surface area (Å²) in [6.07, 6.45) is 1.75. The molecule has 0 aliphatic carbocycles. The Balaban J connectivity index is 2.28. The molecule has 0 aromatic rings. The lowest BCUT2D eigenvalue weighted by Crippen LogP contribution is -2.45. The molecule has 116 valence electrons. The molecule has 0 radical (unpaired) electrons. The Kier molecular flexibility index (Phi) is 7.54. The van der Waals surface area contributed by atoms with E-state index in [0.717, 1.165) is 13.0 Å². The summed E-state index contributed by atoms with van der Waals surface area (Å²) in [7, 11) is 0. The Bertz CT molecular complexity index is 322. The van der Waals surface area contributed by atoms with Crippen molar-refractivity contribution < 1.29 is 19.4 Å². The van der Waals surface area contributed by atoms with Gasteiger partial charge >= 0.3 is 5.97 Å². The molecule has 0 saturated carbocycles. The molecular weight excluding hydrogens is 260 g/mol. The second-order valence-corrected chi connectivity index (χ2v) is 5.49. The summed E-state index contributed by atoms with van der Waals surface area (Å²) in [5.74, 6) is -0.776. The molecule has 1 saturated heterocycles. The van der Waals surface area contributed by atoms with E-state index in [4.69, 9.17) is 9.84 Å². The number of carbonyl (C=O) groups excluding carboxylic acids is 1. The van der Waals surface area contributed by atoms with Crippen molar-refractivity contribution >= 4 is 11.9 Å². The molecule has 1 aliphatic rings. The predicted octanol–water partition coefficient (Wildman–Crippen LogP) is 0.618. The Morgan fingerprint density at radius 1 is 1.40 bits per heavy atom. The molecule has 6 nitrogen and oxygen atoms in total. The molecule has 0 spiro atoms. The highest BCUT2D eigenvalue weighted by Gasteiger charge is 2.33. The monoisotopic (exact) mass is 286 g/mol. The van der Waals surface area contributed by atoms with Gasteiger partial charge in [-0.2, -0.15) is 0 Å². The molecule has 3 atom stereocenters. The highest BCUT2D eigenvalue weighted by molar-refractivity contribution is 5.79. The summed E-state index contributed by atoms with van der Waals surface area (Å²) < 4.78 is 5.37. The van der Waals surface area contributed by atoms with Crippen molar-refractivity contribution in [2.45, 2.75) is 39.2 Å². The Labute approximate surface area is 120 Å². The quantitative estimate of drug-likeness (QED) is 0.578. The fourth-order valence-electron chi connectivity index (χ4n) is 2.22. The van der Waals surface area contributed by atoms with Gasteiger partial charge in [0.1, 0.15) is 0 Å². The third kappa shape index (κ3) is 5.88. The highest BCUT2D eigenvalue weighted by atomic mass is 16.5. The SMILES string of the molecule is CCCNC1COCC1C(=O)NCC(C)CCC(=O)O. The molecule has 6 heteroatoms. The van der Waals surface area contributed by atoms with E-state index in [1.807, 2.05) is 6.92 Å². The third-order valence-electron chi connectivity index (χ3n) is 3.55. The molecule has 1 heterocycles. The van der Waals surface area contributed by atoms with Gasteiger partial charge in [0.25, 0.3) is 0 Å². The van der Waals surface area contributed by atoms with Crippen molar-refractivity contribution in [3.63, 3.8) is 0 Å². The van der Waals surface area contributed by atoms with Crippen molar-refractivity contribution in [3.8, 4) is 0 Å². The number of nitrogens with one attached hydrogen (secondary N) is 2. The van der Waals surface area contributed by atoms with Crippen LogP contribution >= 0.6 is 0 Å². The lowest BCUT2D eigenvalue weighted by molar-refractivity contribution is -0.137. The molecule has 3 unspecified atom stereocenters. The maximum absolute atomic E-state index is 12.1. The summed E-state index contributed by atoms with van der Waals surface area (Å²) in [6.45, 7) is 6.46. The van der Waals surface area contributed by atoms with Crippen LogP contribution < -0.4 is 10.6 Å². The van der Waals surface area contributed by atoms with Crippen LogP contribution in [0.15, 0.2) is 0 Å². The minimum absolute atomic E-state index is 0.00159. The first kappa shape index (κ1) is 16.9. The van der Waals surface area contributed by atoms with Gasteiger partial charge < -0.3 is 20.5 Å². The van der Waals surface area contributed by atoms with Gasteiger partial charge in [0, 0.05) is 19.0 Å². The highest BCUT2D eigenvalue weighted by Crippen LogP contribution is 2.14. The van der Waals surface area contributed by atoms with Crippen molar-refractivity contribution in [1.82, 2.24) is 10.6 Å². The first-order chi connectivity index (χ1) is 9.54. The number of carbonyl (C=O) groups is 2. The normalized spacial score (nSPS) is 23.5. The number of amides is 1. The van der Waals surface area contributed by atoms with E-state index in [2.05, 4.69) is 17.6 Å². The van der Waals surface area contributed by atoms with Gasteiger partial charge in [-0.25, -0.2) is 0 Å². The summed E-state index contributed by atoms with van der Waals surface area (Å²) in [4.78, 5) is 22.6. The molecule has 1 amide bonds. The maximum atomic E-state index is 12.1. The van der Waals surface area contributed by atoms with Crippen molar-refractivity contribution in [3.05, 3.63) is 0 Å². The topological polar surface area (TPSA) is 87.7 Å². The van der Waals surface area contributed by atoms with Crippen molar-refractivity contribution in [2.24, 2.45) is 11.8 Å². The zero-order valence-corrected chi connectivity index (χ0v) is 12.4. The lowest BCUT2D eigenvalue weighted by atomic mass is 10.0. The van der Waals surface area contributed by atoms with E-state index in [1.54, 1.807) is 0 Å². The van der Waals surface area contributed by atoms with Gasteiger partial charge in [0.2, 0.25) is 5.91 Å². The molecular formula is C14H26N2O4. The number of carboxylic acids is 1. The van der Waals surface area contributed by atoms with Crippen LogP contribution in [-0.4, -0.2) is 49.3 Å². The number of aliphatic carboxylic acids is 1. The average molecular weight is 286 g/mol. The number of carboxylic acid groups (broad SMARTS) is 1. The largest absolute Gasteiger partial charge is 0.481 e. The fourth-order valence-corrected chi connectivity index (χ4v) is 2.22. The van der Waals surface area contributed by atoms with Crippen molar-refractivity contribution in [2.75, 3.05) is 26.3 Å². The van der Waals surface area contributed by atoms with Crippen LogP contribution in [-0.2, 0) is 14.3 Å². The summed E-state index contributed by atoms with van der Waals surface area (Å²) in [5, 5.41) is 14.8. The number of rotatable bonds is 9. The zero-order valence-electron chi connectivity index (χ0n) is 12.4. The number of hydrogen-bond acceptors (Lipinski definition) is 4. The van der Waals surface area contributed by atoms with Gasteiger partial charge in [-0.3, -0.25) is 9.59 Å². The standard InChI is InChI=1S/C14H26N2O4/c1-3-6-15-12-9-20-8-11(12)14(19)16-7-10(2)4-5-13(17)18/h10-12,15H,3-9H2,1-2H3,(H,16,19)(H,17,18). The van der Waals surface area contributed by atoms with Crippen LogP contribution in [0, 0.1) is 11.8 Å². The Morgan fingerprint density at radius 2 is 2.15 bits per heavy atom. The van der Waals surface area contributed by atoms with Gasteiger partial charge in [-0.15, -0.1) is 0 Å². The first-order valence-electron chi connectivity index (χ1n) is 7.35. The molecule has 0 aromatic heterocycles. The Hall–Kier alpha value is -1.14. The molecule has 1 rings (SSSR count). The minimum Gasteiger partial charge on any atom is -0.481 e. The molecule has 0 aromatic carbocycles. The summed E-state index contributed by atoms with van der Waals surface area (Å²) >= 11 is 0. The van der Waals surface area contributed by atoms with E-state index in [-0.39, 0.29) is 30.2 Å². The zero-order chi connectivity index (χ0) is 15.0. The minimum atomic E-state index is -0.795. The summed E-state index contributed by atoms with van der Waals surface area (Å²) in [6, 6.07) is 0.0873. The lowest BCUT2D eigenvalue weighted by Gasteiger charge is -2.19. The molecule has 3 N–H and O–H groups in total. The van der Waals surface area contributed by atoms with Gasteiger partial charge in [0.15, 0.2) is 0 Å². The van der Waals surface area contributed by atoms with Crippen LogP contribution in [0.4, 0.5) is 0 Å². The van der Waals surface area contributed by atoms with Crippen LogP contribution in [0.1, 0.15) is 33.1 Å². The van der Waals surface area contributed by atoms with Crippen LogP contribution in [0.3, 0.4) is 0 Å². The third-order valence-corrected chi connectivity index (χ3v) is 3.55.